The Morgan fingerprint density at radius 1 is 1.53 bits per heavy atom. The molecule has 1 rings (SSSR count). The quantitative estimate of drug-likeness (QED) is 0.502. The van der Waals surface area contributed by atoms with E-state index in [2.05, 4.69) is 5.32 Å². The van der Waals surface area contributed by atoms with E-state index in [1.165, 1.54) is 6.07 Å². The molecule has 0 radical (unpaired) electrons. The highest BCUT2D eigenvalue weighted by Gasteiger charge is 2.16. The first kappa shape index (κ1) is 14.1. The van der Waals surface area contributed by atoms with Gasteiger partial charge in [-0.2, -0.15) is 0 Å². The highest BCUT2D eigenvalue weighted by Crippen LogP contribution is 2.28. The molecule has 0 saturated carbocycles. The summed E-state index contributed by atoms with van der Waals surface area (Å²) >= 11 is 1.73. The molecule has 94 valence electrons. The summed E-state index contributed by atoms with van der Waals surface area (Å²) < 4.78 is 13.6. The number of hydrogen-bond donors (Lipinski definition) is 1. The summed E-state index contributed by atoms with van der Waals surface area (Å²) in [6.45, 7) is 1.23. The van der Waals surface area contributed by atoms with Gasteiger partial charge in [-0.15, -0.1) is 0 Å². The molecule has 0 spiro atoms. The normalized spacial score (nSPS) is 10.6. The lowest BCUT2D eigenvalue weighted by molar-refractivity contribution is -0.384. The molecule has 1 aromatic carbocycles. The average molecular weight is 353 g/mol. The van der Waals surface area contributed by atoms with Crippen molar-refractivity contribution >= 4 is 34.0 Å². The van der Waals surface area contributed by atoms with E-state index in [4.69, 9.17) is 0 Å². The molecule has 0 aliphatic rings. The lowest BCUT2D eigenvalue weighted by atomic mass is 10.2. The van der Waals surface area contributed by atoms with Gasteiger partial charge in [-0.3, -0.25) is 10.1 Å². The van der Waals surface area contributed by atoms with Gasteiger partial charge in [-0.05, 0) is 36.7 Å². The topological polar surface area (TPSA) is 58.4 Å². The molecule has 0 bridgehead atoms. The van der Waals surface area contributed by atoms with E-state index in [-0.39, 0.29) is 14.9 Å². The van der Waals surface area contributed by atoms with E-state index < -0.39 is 10.7 Å². The predicted molar refractivity (Wildman–Crippen MR) is 72.8 cm³/mol. The van der Waals surface area contributed by atoms with E-state index in [0.29, 0.717) is 13.1 Å². The van der Waals surface area contributed by atoms with Crippen LogP contribution in [0.4, 0.5) is 15.8 Å². The number of anilines is 1. The maximum Gasteiger partial charge on any atom is 0.293 e. The Balaban J connectivity index is 2.89. The first-order chi connectivity index (χ1) is 7.91. The molecule has 5 nitrogen and oxygen atoms in total. The predicted octanol–water partition coefficient (Wildman–Crippen LogP) is 2.31. The van der Waals surface area contributed by atoms with E-state index >= 15 is 0 Å². The zero-order valence-electron chi connectivity index (χ0n) is 9.54. The first-order valence-electron chi connectivity index (χ1n) is 4.94. The van der Waals surface area contributed by atoms with Gasteiger partial charge in [0.15, 0.2) is 0 Å². The molecule has 0 heterocycles. The molecule has 0 amide bonds. The molecule has 1 N–H and O–H groups in total. The minimum Gasteiger partial charge on any atom is -0.378 e. The van der Waals surface area contributed by atoms with Gasteiger partial charge in [0.25, 0.3) is 5.69 Å². The zero-order chi connectivity index (χ0) is 13.0. The van der Waals surface area contributed by atoms with Gasteiger partial charge in [0.1, 0.15) is 11.5 Å². The Morgan fingerprint density at radius 3 is 2.71 bits per heavy atom. The van der Waals surface area contributed by atoms with Gasteiger partial charge in [-0.1, -0.05) is 0 Å². The second-order valence-electron chi connectivity index (χ2n) is 3.77. The molecule has 0 fully saturated rings. The Morgan fingerprint density at radius 2 is 2.18 bits per heavy atom. The molecule has 0 aliphatic heterocycles. The molecule has 0 unspecified atom stereocenters. The number of nitrogens with one attached hydrogen (secondary N) is 1. The minimum absolute atomic E-state index is 0.102. The summed E-state index contributed by atoms with van der Waals surface area (Å²) in [6, 6.07) is 2.39. The smallest absolute Gasteiger partial charge is 0.293 e. The van der Waals surface area contributed by atoms with Crippen molar-refractivity contribution < 1.29 is 9.31 Å². The van der Waals surface area contributed by atoms with E-state index in [9.17, 15) is 14.5 Å². The van der Waals surface area contributed by atoms with E-state index in [1.54, 1.807) is 22.6 Å². The highest BCUT2D eigenvalue weighted by molar-refractivity contribution is 14.1. The maximum atomic E-state index is 13.3. The van der Waals surface area contributed by atoms with Gasteiger partial charge in [-0.25, -0.2) is 4.39 Å². The van der Waals surface area contributed by atoms with Crippen molar-refractivity contribution in [3.05, 3.63) is 31.6 Å². The van der Waals surface area contributed by atoms with Crippen molar-refractivity contribution in [1.29, 1.82) is 0 Å². The summed E-state index contributed by atoms with van der Waals surface area (Å²) in [5.74, 6) is -0.455. The number of likely N-dealkylation sites (N-methyl/N-ethyl adjacent to an activating group) is 1. The molecular weight excluding hydrogens is 340 g/mol. The number of nitro groups is 1. The fourth-order valence-electron chi connectivity index (χ4n) is 1.24. The van der Waals surface area contributed by atoms with Crippen molar-refractivity contribution in [3.8, 4) is 0 Å². The van der Waals surface area contributed by atoms with Gasteiger partial charge in [0, 0.05) is 25.2 Å². The monoisotopic (exact) mass is 353 g/mol. The third-order valence-corrected chi connectivity index (χ3v) is 2.94. The van der Waals surface area contributed by atoms with Crippen LogP contribution in [0.2, 0.25) is 0 Å². The van der Waals surface area contributed by atoms with Crippen LogP contribution in [0.3, 0.4) is 0 Å². The van der Waals surface area contributed by atoms with Crippen LogP contribution in [0.1, 0.15) is 0 Å². The van der Waals surface area contributed by atoms with E-state index in [0.717, 1.165) is 6.07 Å². The van der Waals surface area contributed by atoms with Gasteiger partial charge in [0.05, 0.1) is 8.49 Å². The number of rotatable bonds is 5. The largest absolute Gasteiger partial charge is 0.378 e. The van der Waals surface area contributed by atoms with Crippen LogP contribution in [0, 0.1) is 19.5 Å². The SMILES string of the molecule is CN(C)CCNc1cc(F)c(I)cc1[N+](=O)[O-]. The van der Waals surface area contributed by atoms with E-state index in [1.807, 2.05) is 19.0 Å². The van der Waals surface area contributed by atoms with Crippen molar-refractivity contribution in [2.24, 2.45) is 0 Å². The molecule has 0 atom stereocenters. The maximum absolute atomic E-state index is 13.3. The Bertz CT molecular complexity index is 426. The number of hydrogen-bond acceptors (Lipinski definition) is 4. The van der Waals surface area contributed by atoms with Crippen LogP contribution in [0.25, 0.3) is 0 Å². The summed E-state index contributed by atoms with van der Waals surface area (Å²) in [6.07, 6.45) is 0. The summed E-state index contributed by atoms with van der Waals surface area (Å²) in [5, 5.41) is 13.7. The Kier molecular flexibility index (Phi) is 5.06. The van der Waals surface area contributed by atoms with Crippen LogP contribution in [0.5, 0.6) is 0 Å². The molecular formula is C10H13FIN3O2. The molecule has 0 aromatic heterocycles. The van der Waals surface area contributed by atoms with Crippen molar-refractivity contribution in [2.45, 2.75) is 0 Å². The number of benzene rings is 1. The van der Waals surface area contributed by atoms with Gasteiger partial charge >= 0.3 is 0 Å². The molecule has 1 aromatic rings. The molecule has 0 saturated heterocycles. The lowest BCUT2D eigenvalue weighted by Gasteiger charge is -2.11. The van der Waals surface area contributed by atoms with Crippen molar-refractivity contribution in [1.82, 2.24) is 4.90 Å². The number of nitrogens with zero attached hydrogens (tertiary/aromatic N) is 2. The number of halogens is 2. The molecule has 7 heteroatoms. The Hall–Kier alpha value is -0.960. The summed E-state index contributed by atoms with van der Waals surface area (Å²) in [7, 11) is 3.79. The fourth-order valence-corrected chi connectivity index (χ4v) is 1.69. The summed E-state index contributed by atoms with van der Waals surface area (Å²) in [5.41, 5.74) is 0.115. The molecule has 0 aliphatic carbocycles. The minimum atomic E-state index is -0.514. The fraction of sp³-hybridized carbons (Fsp3) is 0.400. The van der Waals surface area contributed by atoms with Crippen molar-refractivity contribution in [3.63, 3.8) is 0 Å². The summed E-state index contributed by atoms with van der Waals surface area (Å²) in [4.78, 5) is 12.2. The lowest BCUT2D eigenvalue weighted by Crippen LogP contribution is -2.21. The average Bonchev–Trinajstić information content (AvgIpc) is 2.22. The second kappa shape index (κ2) is 6.10. The highest BCUT2D eigenvalue weighted by atomic mass is 127. The van der Waals surface area contributed by atoms with Crippen LogP contribution < -0.4 is 5.32 Å². The standard InChI is InChI=1S/C10H13FIN3O2/c1-14(2)4-3-13-9-5-7(11)8(12)6-10(9)15(16)17/h5-6,13H,3-4H2,1-2H3. The van der Waals surface area contributed by atoms with Crippen LogP contribution in [0.15, 0.2) is 12.1 Å². The first-order valence-corrected chi connectivity index (χ1v) is 6.01. The third kappa shape index (κ3) is 4.08. The molecule has 17 heavy (non-hydrogen) atoms. The second-order valence-corrected chi connectivity index (χ2v) is 4.93. The van der Waals surface area contributed by atoms with Gasteiger partial charge in [0.2, 0.25) is 0 Å². The van der Waals surface area contributed by atoms with Crippen molar-refractivity contribution in [2.75, 3.05) is 32.5 Å². The third-order valence-electron chi connectivity index (χ3n) is 2.11. The Labute approximate surface area is 112 Å². The van der Waals surface area contributed by atoms with Gasteiger partial charge < -0.3 is 10.2 Å². The van der Waals surface area contributed by atoms with Crippen LogP contribution in [-0.4, -0.2) is 37.0 Å². The number of nitro benzene ring substituents is 1. The van der Waals surface area contributed by atoms with Crippen LogP contribution >= 0.6 is 22.6 Å². The van der Waals surface area contributed by atoms with Crippen LogP contribution in [-0.2, 0) is 0 Å². The zero-order valence-corrected chi connectivity index (χ0v) is 11.7.